The zero-order valence-electron chi connectivity index (χ0n) is 18.5. The standard InChI is InChI=1S/C26H27N3O3S/c27-18-20-6-10-26(11-7-20)33(30,31)29-14-2-5-24(29)19-32-25-9-8-21-12-15-28(23-3-1-4-23)16-13-22(21)17-25/h1,3-4,6-11,17,24H,2,5,12-16,19H2/t24-/m1/s1. The van der Waals surface area contributed by atoms with Gasteiger partial charge in [-0.2, -0.15) is 9.57 Å². The maximum absolute atomic E-state index is 13.2. The van der Waals surface area contributed by atoms with Gasteiger partial charge in [0.1, 0.15) is 12.4 Å². The van der Waals surface area contributed by atoms with Crippen LogP contribution in [-0.4, -0.2) is 49.9 Å². The summed E-state index contributed by atoms with van der Waals surface area (Å²) < 4.78 is 34.0. The Morgan fingerprint density at radius 3 is 2.48 bits per heavy atom. The van der Waals surface area contributed by atoms with Crippen molar-refractivity contribution in [3.05, 3.63) is 83.1 Å². The molecule has 0 saturated carbocycles. The molecule has 0 radical (unpaired) electrons. The summed E-state index contributed by atoms with van der Waals surface area (Å²) in [6, 6.07) is 14.2. The van der Waals surface area contributed by atoms with E-state index in [4.69, 9.17) is 10.00 Å². The molecular weight excluding hydrogens is 434 g/mol. The van der Waals surface area contributed by atoms with Crippen LogP contribution in [0.1, 0.15) is 29.5 Å². The van der Waals surface area contributed by atoms with E-state index in [2.05, 4.69) is 35.3 Å². The highest BCUT2D eigenvalue weighted by Crippen LogP contribution is 2.28. The van der Waals surface area contributed by atoms with E-state index < -0.39 is 10.0 Å². The molecule has 0 spiro atoms. The lowest BCUT2D eigenvalue weighted by atomic mass is 10.0. The Labute approximate surface area is 195 Å². The number of allylic oxidation sites excluding steroid dienone is 3. The maximum atomic E-state index is 13.2. The lowest BCUT2D eigenvalue weighted by Crippen LogP contribution is -2.39. The van der Waals surface area contributed by atoms with E-state index in [-0.39, 0.29) is 10.9 Å². The van der Waals surface area contributed by atoms with Crippen LogP contribution in [-0.2, 0) is 22.9 Å². The van der Waals surface area contributed by atoms with E-state index in [1.807, 2.05) is 12.1 Å². The summed E-state index contributed by atoms with van der Waals surface area (Å²) in [6.45, 7) is 2.83. The van der Waals surface area contributed by atoms with Gasteiger partial charge in [-0.15, -0.1) is 0 Å². The molecule has 3 aliphatic rings. The SMILES string of the molecule is N#Cc1ccc(S(=O)(=O)N2CCC[C@@H]2COc2ccc3c(c2)CCN(C2=CC=C2)CC3)cc1. The van der Waals surface area contributed by atoms with Gasteiger partial charge in [-0.25, -0.2) is 8.42 Å². The van der Waals surface area contributed by atoms with E-state index >= 15 is 0 Å². The number of rotatable bonds is 6. The minimum atomic E-state index is -3.62. The van der Waals surface area contributed by atoms with Gasteiger partial charge >= 0.3 is 0 Å². The maximum Gasteiger partial charge on any atom is 0.243 e. The third-order valence-corrected chi connectivity index (χ3v) is 8.70. The van der Waals surface area contributed by atoms with Crippen molar-refractivity contribution in [3.63, 3.8) is 0 Å². The smallest absolute Gasteiger partial charge is 0.243 e. The van der Waals surface area contributed by atoms with Gasteiger partial charge < -0.3 is 9.64 Å². The highest BCUT2D eigenvalue weighted by atomic mass is 32.2. The fourth-order valence-electron chi connectivity index (χ4n) is 4.76. The number of sulfonamides is 1. The Bertz CT molecular complexity index is 1240. The summed E-state index contributed by atoms with van der Waals surface area (Å²) in [5, 5.41) is 8.97. The monoisotopic (exact) mass is 461 g/mol. The van der Waals surface area contributed by atoms with E-state index in [0.29, 0.717) is 18.7 Å². The number of ether oxygens (including phenoxy) is 1. The Hall–Kier alpha value is -3.08. The summed E-state index contributed by atoms with van der Waals surface area (Å²) in [5.41, 5.74) is 4.43. The predicted octanol–water partition coefficient (Wildman–Crippen LogP) is 3.64. The zero-order valence-corrected chi connectivity index (χ0v) is 19.3. The normalized spacial score (nSPS) is 20.4. The molecule has 0 N–H and O–H groups in total. The third kappa shape index (κ3) is 4.41. The van der Waals surface area contributed by atoms with E-state index in [1.165, 1.54) is 29.0 Å². The summed E-state index contributed by atoms with van der Waals surface area (Å²) >= 11 is 0. The molecule has 0 bridgehead atoms. The number of benzene rings is 2. The Morgan fingerprint density at radius 2 is 1.79 bits per heavy atom. The summed E-state index contributed by atoms with van der Waals surface area (Å²) in [7, 11) is -3.62. The minimum absolute atomic E-state index is 0.197. The van der Waals surface area contributed by atoms with Gasteiger partial charge in [-0.05, 0) is 85.4 Å². The number of nitrogens with zero attached hydrogens (tertiary/aromatic N) is 3. The molecule has 7 heteroatoms. The summed E-state index contributed by atoms with van der Waals surface area (Å²) in [5.74, 6) is 0.799. The van der Waals surface area contributed by atoms with Crippen LogP contribution in [0.25, 0.3) is 0 Å². The number of nitriles is 1. The molecule has 33 heavy (non-hydrogen) atoms. The lowest BCUT2D eigenvalue weighted by molar-refractivity contribution is 0.232. The van der Waals surface area contributed by atoms with Crippen LogP contribution in [0.2, 0.25) is 0 Å². The molecule has 2 aromatic rings. The van der Waals surface area contributed by atoms with E-state index in [9.17, 15) is 8.42 Å². The summed E-state index contributed by atoms with van der Waals surface area (Å²) in [4.78, 5) is 2.64. The van der Waals surface area contributed by atoms with Crippen molar-refractivity contribution in [1.82, 2.24) is 9.21 Å². The molecule has 6 nitrogen and oxygen atoms in total. The van der Waals surface area contributed by atoms with Crippen LogP contribution < -0.4 is 4.74 Å². The van der Waals surface area contributed by atoms with Crippen LogP contribution in [0.4, 0.5) is 0 Å². The van der Waals surface area contributed by atoms with Gasteiger partial charge in [0, 0.05) is 25.3 Å². The van der Waals surface area contributed by atoms with Crippen molar-refractivity contribution in [2.75, 3.05) is 26.2 Å². The number of hydrogen-bond acceptors (Lipinski definition) is 5. The van der Waals surface area contributed by atoms with E-state index in [1.54, 1.807) is 16.4 Å². The van der Waals surface area contributed by atoms with Crippen molar-refractivity contribution < 1.29 is 13.2 Å². The second-order valence-corrected chi connectivity index (χ2v) is 10.6. The molecule has 1 saturated heterocycles. The molecule has 1 atom stereocenters. The molecule has 170 valence electrons. The van der Waals surface area contributed by atoms with Crippen LogP contribution in [0.5, 0.6) is 5.75 Å². The van der Waals surface area contributed by atoms with Crippen LogP contribution in [0, 0.1) is 11.3 Å². The van der Waals surface area contributed by atoms with Gasteiger partial charge in [-0.3, -0.25) is 0 Å². The third-order valence-electron chi connectivity index (χ3n) is 6.73. The van der Waals surface area contributed by atoms with Gasteiger partial charge in [-0.1, -0.05) is 12.1 Å². The second-order valence-electron chi connectivity index (χ2n) is 8.73. The number of hydrogen-bond donors (Lipinski definition) is 0. The molecule has 1 aliphatic carbocycles. The molecule has 2 heterocycles. The Morgan fingerprint density at radius 1 is 1.03 bits per heavy atom. The summed E-state index contributed by atoms with van der Waals surface area (Å²) in [6.07, 6.45) is 9.97. The molecular formula is C26H27N3O3S. The number of fused-ring (bicyclic) bond motifs is 1. The predicted molar refractivity (Wildman–Crippen MR) is 126 cm³/mol. The van der Waals surface area contributed by atoms with Crippen molar-refractivity contribution in [1.29, 1.82) is 5.26 Å². The Balaban J connectivity index is 1.25. The molecule has 0 aromatic heterocycles. The first-order valence-electron chi connectivity index (χ1n) is 11.4. The minimum Gasteiger partial charge on any atom is -0.492 e. The van der Waals surface area contributed by atoms with Gasteiger partial charge in [0.15, 0.2) is 0 Å². The van der Waals surface area contributed by atoms with Crippen LogP contribution >= 0.6 is 0 Å². The fourth-order valence-corrected chi connectivity index (χ4v) is 6.44. The van der Waals surface area contributed by atoms with Crippen LogP contribution in [0.15, 0.2) is 71.3 Å². The lowest BCUT2D eigenvalue weighted by Gasteiger charge is -2.26. The van der Waals surface area contributed by atoms with Crippen LogP contribution in [0.3, 0.4) is 0 Å². The molecule has 1 fully saturated rings. The highest BCUT2D eigenvalue weighted by molar-refractivity contribution is 7.89. The average molecular weight is 462 g/mol. The second kappa shape index (κ2) is 9.05. The molecule has 0 amide bonds. The molecule has 5 rings (SSSR count). The highest BCUT2D eigenvalue weighted by Gasteiger charge is 2.35. The fraction of sp³-hybridized carbons (Fsp3) is 0.346. The zero-order chi connectivity index (χ0) is 22.8. The largest absolute Gasteiger partial charge is 0.492 e. The Kier molecular flexibility index (Phi) is 5.96. The molecule has 0 unspecified atom stereocenters. The topological polar surface area (TPSA) is 73.6 Å². The quantitative estimate of drug-likeness (QED) is 0.657. The molecule has 2 aromatic carbocycles. The molecule has 2 aliphatic heterocycles. The first-order chi connectivity index (χ1) is 16.0. The van der Waals surface area contributed by atoms with Crippen molar-refractivity contribution >= 4 is 10.0 Å². The van der Waals surface area contributed by atoms with Crippen molar-refractivity contribution in [3.8, 4) is 11.8 Å². The van der Waals surface area contributed by atoms with E-state index in [0.717, 1.165) is 44.5 Å². The average Bonchev–Trinajstić information content (AvgIpc) is 3.19. The van der Waals surface area contributed by atoms with Gasteiger partial charge in [0.25, 0.3) is 0 Å². The van der Waals surface area contributed by atoms with Crippen molar-refractivity contribution in [2.24, 2.45) is 0 Å². The van der Waals surface area contributed by atoms with Gasteiger partial charge in [0.2, 0.25) is 10.0 Å². The van der Waals surface area contributed by atoms with Crippen molar-refractivity contribution in [2.45, 2.75) is 36.6 Å². The van der Waals surface area contributed by atoms with Gasteiger partial charge in [0.05, 0.1) is 22.6 Å². The first kappa shape index (κ1) is 21.7. The first-order valence-corrected chi connectivity index (χ1v) is 12.9.